The summed E-state index contributed by atoms with van der Waals surface area (Å²) in [6, 6.07) is 15.7. The van der Waals surface area contributed by atoms with Gasteiger partial charge in [-0.15, -0.1) is 0 Å². The predicted molar refractivity (Wildman–Crippen MR) is 110 cm³/mol. The Hall–Kier alpha value is -2.93. The summed E-state index contributed by atoms with van der Waals surface area (Å²) in [6.07, 6.45) is -5.48. The maximum absolute atomic E-state index is 13.9. The maximum Gasteiger partial charge on any atom is 0.431 e. The van der Waals surface area contributed by atoms with Crippen LogP contribution < -0.4 is 10.1 Å². The zero-order chi connectivity index (χ0) is 21.9. The summed E-state index contributed by atoms with van der Waals surface area (Å²) < 4.78 is 48.0. The molecular weight excluding hydrogens is 417 g/mol. The van der Waals surface area contributed by atoms with E-state index in [1.165, 1.54) is 0 Å². The van der Waals surface area contributed by atoms with E-state index in [-0.39, 0.29) is 24.0 Å². The highest BCUT2D eigenvalue weighted by Crippen LogP contribution is 2.41. The summed E-state index contributed by atoms with van der Waals surface area (Å²) in [4.78, 5) is 12.3. The molecule has 0 saturated carbocycles. The summed E-state index contributed by atoms with van der Waals surface area (Å²) in [5.41, 5.74) is 0.317. The van der Waals surface area contributed by atoms with Crippen LogP contribution in [-0.4, -0.2) is 16.7 Å². The zero-order valence-electron chi connectivity index (χ0n) is 16.3. The topological polar surface area (TPSA) is 43.3 Å². The van der Waals surface area contributed by atoms with Crippen LogP contribution in [0.15, 0.2) is 60.7 Å². The highest BCUT2D eigenvalue weighted by molar-refractivity contribution is 6.30. The fraction of sp³-hybridized carbons (Fsp3) is 0.227. The number of amides is 1. The van der Waals surface area contributed by atoms with Gasteiger partial charge in [-0.2, -0.15) is 13.2 Å². The van der Waals surface area contributed by atoms with Crippen molar-refractivity contribution in [3.8, 4) is 17.0 Å². The van der Waals surface area contributed by atoms with Gasteiger partial charge in [0.25, 0.3) is 0 Å². The van der Waals surface area contributed by atoms with Gasteiger partial charge < -0.3 is 14.6 Å². The molecule has 3 aromatic rings. The third-order valence-corrected chi connectivity index (χ3v) is 4.52. The number of rotatable bonds is 5. The van der Waals surface area contributed by atoms with Crippen LogP contribution in [0.5, 0.6) is 5.88 Å². The fourth-order valence-corrected chi connectivity index (χ4v) is 3.11. The second kappa shape index (κ2) is 8.83. The molecule has 30 heavy (non-hydrogen) atoms. The average Bonchev–Trinajstić information content (AvgIpc) is 3.01. The third kappa shape index (κ3) is 5.16. The van der Waals surface area contributed by atoms with Crippen LogP contribution >= 0.6 is 11.6 Å². The minimum atomic E-state index is -4.65. The van der Waals surface area contributed by atoms with E-state index >= 15 is 0 Å². The van der Waals surface area contributed by atoms with Crippen LogP contribution in [-0.2, 0) is 12.7 Å². The molecule has 0 spiro atoms. The number of nitrogens with zero attached hydrogens (tertiary/aromatic N) is 1. The zero-order valence-corrected chi connectivity index (χ0v) is 17.1. The Morgan fingerprint density at radius 2 is 1.73 bits per heavy atom. The summed E-state index contributed by atoms with van der Waals surface area (Å²) in [5, 5.41) is 2.98. The van der Waals surface area contributed by atoms with Crippen LogP contribution in [0.4, 0.5) is 18.0 Å². The number of nitrogens with one attached hydrogen (secondary N) is 1. The minimum absolute atomic E-state index is 0.117. The number of aromatic nitrogens is 1. The van der Waals surface area contributed by atoms with Crippen molar-refractivity contribution < 1.29 is 22.7 Å². The summed E-state index contributed by atoms with van der Waals surface area (Å²) >= 11 is 5.92. The molecule has 0 unspecified atom stereocenters. The molecule has 1 amide bonds. The highest BCUT2D eigenvalue weighted by Gasteiger charge is 2.38. The molecule has 0 radical (unpaired) electrons. The quantitative estimate of drug-likeness (QED) is 0.504. The number of hydrogen-bond donors (Lipinski definition) is 1. The number of carbonyl (C=O) groups is 1. The van der Waals surface area contributed by atoms with Gasteiger partial charge in [0.2, 0.25) is 5.88 Å². The van der Waals surface area contributed by atoms with Crippen molar-refractivity contribution >= 4 is 17.7 Å². The first kappa shape index (κ1) is 21.8. The minimum Gasteiger partial charge on any atom is -0.392 e. The average molecular weight is 437 g/mol. The monoisotopic (exact) mass is 436 g/mol. The molecule has 4 nitrogen and oxygen atoms in total. The summed E-state index contributed by atoms with van der Waals surface area (Å²) in [6.45, 7) is 3.34. The number of ether oxygens (including phenoxy) is 1. The number of halogens is 4. The van der Waals surface area contributed by atoms with Crippen molar-refractivity contribution in [3.63, 3.8) is 0 Å². The van der Waals surface area contributed by atoms with Gasteiger partial charge in [0.1, 0.15) is 5.69 Å². The van der Waals surface area contributed by atoms with Crippen molar-refractivity contribution in [2.75, 3.05) is 0 Å². The van der Waals surface area contributed by atoms with E-state index in [2.05, 4.69) is 5.32 Å². The second-order valence-corrected chi connectivity index (χ2v) is 7.45. The second-order valence-electron chi connectivity index (χ2n) is 7.01. The Kier molecular flexibility index (Phi) is 6.41. The van der Waals surface area contributed by atoms with Crippen molar-refractivity contribution in [2.45, 2.75) is 32.6 Å². The van der Waals surface area contributed by atoms with Gasteiger partial charge >= 0.3 is 12.3 Å². The van der Waals surface area contributed by atoms with Gasteiger partial charge in [-0.05, 0) is 43.2 Å². The van der Waals surface area contributed by atoms with Crippen molar-refractivity contribution in [2.24, 2.45) is 0 Å². The Balaban J connectivity index is 2.17. The number of hydrogen-bond acceptors (Lipinski definition) is 2. The van der Waals surface area contributed by atoms with Crippen LogP contribution in [0.25, 0.3) is 11.1 Å². The summed E-state index contributed by atoms with van der Waals surface area (Å²) in [5.74, 6) is -0.188. The Morgan fingerprint density at radius 1 is 1.10 bits per heavy atom. The van der Waals surface area contributed by atoms with Gasteiger partial charge in [-0.1, -0.05) is 54.1 Å². The van der Waals surface area contributed by atoms with E-state index in [9.17, 15) is 18.0 Å². The molecule has 3 rings (SSSR count). The first-order valence-electron chi connectivity index (χ1n) is 9.24. The molecule has 0 fully saturated rings. The predicted octanol–water partition coefficient (Wildman–Crippen LogP) is 6.37. The number of carbonyl (C=O) groups excluding carboxylic acids is 1. The molecular formula is C22H20ClF3N2O2. The largest absolute Gasteiger partial charge is 0.431 e. The van der Waals surface area contributed by atoms with E-state index in [1.807, 2.05) is 0 Å². The lowest BCUT2D eigenvalue weighted by Crippen LogP contribution is -2.33. The van der Waals surface area contributed by atoms with E-state index in [4.69, 9.17) is 16.3 Å². The van der Waals surface area contributed by atoms with Crippen LogP contribution in [0.3, 0.4) is 0 Å². The lowest BCUT2D eigenvalue weighted by molar-refractivity contribution is -0.143. The van der Waals surface area contributed by atoms with Crippen LogP contribution in [0, 0.1) is 0 Å². The van der Waals surface area contributed by atoms with Gasteiger partial charge in [-0.3, -0.25) is 0 Å². The lowest BCUT2D eigenvalue weighted by Gasteiger charge is -2.17. The van der Waals surface area contributed by atoms with Crippen LogP contribution in [0.1, 0.15) is 25.1 Å². The first-order valence-corrected chi connectivity index (χ1v) is 9.62. The van der Waals surface area contributed by atoms with E-state index in [0.29, 0.717) is 16.1 Å². The fourth-order valence-electron chi connectivity index (χ4n) is 2.99. The molecule has 1 aromatic heterocycles. The molecule has 0 aliphatic rings. The molecule has 1 heterocycles. The Labute approximate surface area is 177 Å². The molecule has 0 saturated heterocycles. The summed E-state index contributed by atoms with van der Waals surface area (Å²) in [7, 11) is 0. The van der Waals surface area contributed by atoms with E-state index in [1.54, 1.807) is 68.4 Å². The Morgan fingerprint density at radius 3 is 2.30 bits per heavy atom. The molecule has 8 heteroatoms. The molecule has 2 aromatic carbocycles. The lowest BCUT2D eigenvalue weighted by atomic mass is 10.1. The Bertz CT molecular complexity index is 1010. The molecule has 0 atom stereocenters. The SMILES string of the molecule is CC(C)NC(=O)Oc1c(-c2ccc(Cl)cc2)cc(C(F)(F)F)n1Cc1ccccc1. The molecule has 1 N–H and O–H groups in total. The smallest absolute Gasteiger partial charge is 0.392 e. The van der Waals surface area contributed by atoms with Gasteiger partial charge in [-0.25, -0.2) is 4.79 Å². The van der Waals surface area contributed by atoms with Crippen molar-refractivity contribution in [3.05, 3.63) is 76.9 Å². The van der Waals surface area contributed by atoms with Gasteiger partial charge in [0.15, 0.2) is 0 Å². The maximum atomic E-state index is 13.9. The molecule has 0 aliphatic heterocycles. The molecule has 0 aliphatic carbocycles. The van der Waals surface area contributed by atoms with Gasteiger partial charge in [0, 0.05) is 16.6 Å². The van der Waals surface area contributed by atoms with Crippen LogP contribution in [0.2, 0.25) is 5.02 Å². The number of alkyl halides is 3. The van der Waals surface area contributed by atoms with Crippen molar-refractivity contribution in [1.82, 2.24) is 9.88 Å². The highest BCUT2D eigenvalue weighted by atomic mass is 35.5. The first-order chi connectivity index (χ1) is 14.1. The normalized spacial score (nSPS) is 11.6. The van der Waals surface area contributed by atoms with Gasteiger partial charge in [0.05, 0.1) is 6.54 Å². The third-order valence-electron chi connectivity index (χ3n) is 4.27. The standard InChI is InChI=1S/C22H20ClF3N2O2/c1-14(2)27-21(29)30-20-18(16-8-10-17(23)11-9-16)12-19(22(24,25)26)28(20)13-15-6-4-3-5-7-15/h3-12,14H,13H2,1-2H3,(H,27,29). The van der Waals surface area contributed by atoms with Crippen molar-refractivity contribution in [1.29, 1.82) is 0 Å². The molecule has 0 bridgehead atoms. The number of benzene rings is 2. The van der Waals surface area contributed by atoms with E-state index < -0.39 is 18.0 Å². The molecule has 158 valence electrons. The van der Waals surface area contributed by atoms with E-state index in [0.717, 1.165) is 10.6 Å².